The Bertz CT molecular complexity index is 222. The van der Waals surface area contributed by atoms with Crippen molar-refractivity contribution in [1.82, 2.24) is 4.90 Å². The van der Waals surface area contributed by atoms with Crippen LogP contribution in [0.1, 0.15) is 20.8 Å². The van der Waals surface area contributed by atoms with Crippen LogP contribution < -0.4 is 0 Å². The first-order valence-corrected chi connectivity index (χ1v) is 5.04. The van der Waals surface area contributed by atoms with E-state index < -0.39 is 0 Å². The monoisotopic (exact) mass is 197 g/mol. The highest BCUT2D eigenvalue weighted by atomic mass is 16.5. The minimum atomic E-state index is 0.0260. The van der Waals surface area contributed by atoms with E-state index in [-0.39, 0.29) is 5.41 Å². The zero-order chi connectivity index (χ0) is 10.6. The van der Waals surface area contributed by atoms with Gasteiger partial charge < -0.3 is 9.64 Å². The molecule has 0 amide bonds. The molecular formula is C11H19NO2. The molecule has 3 heteroatoms. The number of allylic oxidation sites excluding steroid dienone is 2. The quantitative estimate of drug-likeness (QED) is 0.495. The highest BCUT2D eigenvalue weighted by molar-refractivity contribution is 5.66. The Morgan fingerprint density at radius 1 is 1.29 bits per heavy atom. The lowest BCUT2D eigenvalue weighted by atomic mass is 9.90. The van der Waals surface area contributed by atoms with Crippen LogP contribution in [0.4, 0.5) is 0 Å². The molecule has 3 nitrogen and oxygen atoms in total. The topological polar surface area (TPSA) is 29.5 Å². The average Bonchev–Trinajstić information content (AvgIpc) is 2.14. The summed E-state index contributed by atoms with van der Waals surface area (Å²) in [5, 5.41) is 0. The van der Waals surface area contributed by atoms with Crippen molar-refractivity contribution in [3.63, 3.8) is 0 Å². The summed E-state index contributed by atoms with van der Waals surface area (Å²) >= 11 is 0. The Balaban J connectivity index is 2.76. The summed E-state index contributed by atoms with van der Waals surface area (Å²) in [7, 11) is 0. The molecule has 0 aromatic carbocycles. The standard InChI is InChI=1S/C11H19NO2/c1-11(2,3)10(4-7-13)12-5-8-14-9-6-12/h4,7H,5-6,8-9H2,1-3H3/b10-4+. The number of nitrogens with zero attached hydrogens (tertiary/aromatic N) is 1. The third-order valence-corrected chi connectivity index (χ3v) is 2.35. The Morgan fingerprint density at radius 2 is 1.86 bits per heavy atom. The molecule has 0 saturated carbocycles. The van der Waals surface area contributed by atoms with Crippen LogP contribution in [0.5, 0.6) is 0 Å². The van der Waals surface area contributed by atoms with Crippen LogP contribution in [0.15, 0.2) is 11.8 Å². The highest BCUT2D eigenvalue weighted by Crippen LogP contribution is 2.28. The predicted octanol–water partition coefficient (Wildman–Crippen LogP) is 1.45. The third-order valence-electron chi connectivity index (χ3n) is 2.35. The van der Waals surface area contributed by atoms with Crippen molar-refractivity contribution in [2.24, 2.45) is 5.41 Å². The Labute approximate surface area is 85.7 Å². The van der Waals surface area contributed by atoms with Gasteiger partial charge in [-0.05, 0) is 6.08 Å². The van der Waals surface area contributed by atoms with Crippen LogP contribution in [0, 0.1) is 5.41 Å². The molecule has 0 unspecified atom stereocenters. The van der Waals surface area contributed by atoms with Gasteiger partial charge in [-0.15, -0.1) is 0 Å². The number of ether oxygens (including phenoxy) is 1. The van der Waals surface area contributed by atoms with Gasteiger partial charge in [-0.2, -0.15) is 0 Å². The number of hydrogen-bond acceptors (Lipinski definition) is 3. The molecule has 0 bridgehead atoms. The van der Waals surface area contributed by atoms with Gasteiger partial charge in [0.15, 0.2) is 0 Å². The van der Waals surface area contributed by atoms with Gasteiger partial charge in [-0.3, -0.25) is 4.79 Å². The number of carbonyl (C=O) groups excluding carboxylic acids is 1. The smallest absolute Gasteiger partial charge is 0.144 e. The van der Waals surface area contributed by atoms with Crippen molar-refractivity contribution in [2.75, 3.05) is 26.3 Å². The molecule has 0 radical (unpaired) electrons. The van der Waals surface area contributed by atoms with Gasteiger partial charge in [-0.25, -0.2) is 0 Å². The largest absolute Gasteiger partial charge is 0.378 e. The molecule has 0 spiro atoms. The van der Waals surface area contributed by atoms with Crippen molar-refractivity contribution in [1.29, 1.82) is 0 Å². The first-order valence-electron chi connectivity index (χ1n) is 5.04. The molecule has 1 aliphatic heterocycles. The summed E-state index contributed by atoms with van der Waals surface area (Å²) in [6.45, 7) is 9.65. The molecule has 1 aliphatic rings. The second-order valence-electron chi connectivity index (χ2n) is 4.54. The maximum Gasteiger partial charge on any atom is 0.144 e. The van der Waals surface area contributed by atoms with E-state index in [4.69, 9.17) is 4.74 Å². The molecule has 14 heavy (non-hydrogen) atoms. The van der Waals surface area contributed by atoms with Crippen molar-refractivity contribution in [3.05, 3.63) is 11.8 Å². The zero-order valence-electron chi connectivity index (χ0n) is 9.25. The van der Waals surface area contributed by atoms with Crippen LogP contribution in [0.25, 0.3) is 0 Å². The molecule has 1 rings (SSSR count). The number of carbonyl (C=O) groups is 1. The Hall–Kier alpha value is -0.830. The minimum absolute atomic E-state index is 0.0260. The van der Waals surface area contributed by atoms with Gasteiger partial charge in [-0.1, -0.05) is 20.8 Å². The average molecular weight is 197 g/mol. The van der Waals surface area contributed by atoms with Gasteiger partial charge >= 0.3 is 0 Å². The van der Waals surface area contributed by atoms with Gasteiger partial charge in [0, 0.05) is 24.2 Å². The SMILES string of the molecule is CC(C)(C)/C(=C\C=O)N1CCOCC1. The van der Waals surface area contributed by atoms with E-state index in [0.29, 0.717) is 0 Å². The van der Waals surface area contributed by atoms with Crippen LogP contribution in [-0.2, 0) is 9.53 Å². The Morgan fingerprint density at radius 3 is 2.29 bits per heavy atom. The molecule has 0 aromatic heterocycles. The fourth-order valence-corrected chi connectivity index (χ4v) is 1.70. The number of aldehydes is 1. The normalized spacial score (nSPS) is 19.6. The molecule has 80 valence electrons. The number of rotatable bonds is 2. The fraction of sp³-hybridized carbons (Fsp3) is 0.727. The molecule has 0 atom stereocenters. The van der Waals surface area contributed by atoms with E-state index in [1.54, 1.807) is 6.08 Å². The summed E-state index contributed by atoms with van der Waals surface area (Å²) in [5.41, 5.74) is 1.13. The molecule has 0 aliphatic carbocycles. The summed E-state index contributed by atoms with van der Waals surface area (Å²) in [4.78, 5) is 12.8. The molecule has 1 fully saturated rings. The highest BCUT2D eigenvalue weighted by Gasteiger charge is 2.23. The number of hydrogen-bond donors (Lipinski definition) is 0. The van der Waals surface area contributed by atoms with Crippen LogP contribution in [0.3, 0.4) is 0 Å². The van der Waals surface area contributed by atoms with Crippen LogP contribution in [0.2, 0.25) is 0 Å². The van der Waals surface area contributed by atoms with E-state index in [0.717, 1.165) is 38.3 Å². The first kappa shape index (κ1) is 11.2. The zero-order valence-corrected chi connectivity index (χ0v) is 9.25. The fourth-order valence-electron chi connectivity index (χ4n) is 1.70. The van der Waals surface area contributed by atoms with Gasteiger partial charge in [0.1, 0.15) is 6.29 Å². The molecule has 1 heterocycles. The second-order valence-corrected chi connectivity index (χ2v) is 4.54. The van der Waals surface area contributed by atoms with Crippen LogP contribution >= 0.6 is 0 Å². The lowest BCUT2D eigenvalue weighted by molar-refractivity contribution is -0.104. The summed E-state index contributed by atoms with van der Waals surface area (Å²) in [6, 6.07) is 0. The van der Waals surface area contributed by atoms with E-state index in [1.165, 1.54) is 0 Å². The van der Waals surface area contributed by atoms with Gasteiger partial charge in [0.2, 0.25) is 0 Å². The first-order chi connectivity index (χ1) is 6.55. The summed E-state index contributed by atoms with van der Waals surface area (Å²) < 4.78 is 5.28. The van der Waals surface area contributed by atoms with Crippen molar-refractivity contribution in [3.8, 4) is 0 Å². The lowest BCUT2D eigenvalue weighted by Crippen LogP contribution is -2.39. The predicted molar refractivity (Wildman–Crippen MR) is 56.0 cm³/mol. The van der Waals surface area contributed by atoms with Crippen LogP contribution in [-0.4, -0.2) is 37.5 Å². The van der Waals surface area contributed by atoms with E-state index >= 15 is 0 Å². The third kappa shape index (κ3) is 2.84. The van der Waals surface area contributed by atoms with E-state index in [1.807, 2.05) is 0 Å². The lowest BCUT2D eigenvalue weighted by Gasteiger charge is -2.37. The molecule has 0 N–H and O–H groups in total. The maximum atomic E-state index is 10.6. The van der Waals surface area contributed by atoms with E-state index in [2.05, 4.69) is 25.7 Å². The van der Waals surface area contributed by atoms with Crippen molar-refractivity contribution < 1.29 is 9.53 Å². The van der Waals surface area contributed by atoms with Gasteiger partial charge in [0.25, 0.3) is 0 Å². The van der Waals surface area contributed by atoms with Crippen molar-refractivity contribution in [2.45, 2.75) is 20.8 Å². The summed E-state index contributed by atoms with van der Waals surface area (Å²) in [5.74, 6) is 0. The molecule has 0 aromatic rings. The minimum Gasteiger partial charge on any atom is -0.378 e. The maximum absolute atomic E-state index is 10.6. The molecular weight excluding hydrogens is 178 g/mol. The van der Waals surface area contributed by atoms with E-state index in [9.17, 15) is 4.79 Å². The number of morpholine rings is 1. The van der Waals surface area contributed by atoms with Gasteiger partial charge in [0.05, 0.1) is 13.2 Å². The Kier molecular flexibility index (Phi) is 3.69. The molecule has 1 saturated heterocycles. The second kappa shape index (κ2) is 4.60. The van der Waals surface area contributed by atoms with Crippen molar-refractivity contribution >= 4 is 6.29 Å². The summed E-state index contributed by atoms with van der Waals surface area (Å²) in [6.07, 6.45) is 2.54.